The van der Waals surface area contributed by atoms with Crippen molar-refractivity contribution in [2.45, 2.75) is 29.1 Å². The minimum absolute atomic E-state index is 0.336. The van der Waals surface area contributed by atoms with Crippen LogP contribution in [0, 0.1) is 11.8 Å². The molecule has 2 aromatic rings. The van der Waals surface area contributed by atoms with Crippen LogP contribution in [0.3, 0.4) is 0 Å². The monoisotopic (exact) mass is 411 g/mol. The Labute approximate surface area is 153 Å². The van der Waals surface area contributed by atoms with E-state index < -0.39 is 0 Å². The van der Waals surface area contributed by atoms with Gasteiger partial charge in [-0.2, -0.15) is 0 Å². The fourth-order valence-electron chi connectivity index (χ4n) is 3.97. The van der Waals surface area contributed by atoms with Gasteiger partial charge in [0, 0.05) is 0 Å². The molecule has 1 N–H and O–H groups in total. The molecule has 0 amide bonds. The Morgan fingerprint density at radius 1 is 0.783 bits per heavy atom. The van der Waals surface area contributed by atoms with E-state index >= 15 is 0 Å². The van der Waals surface area contributed by atoms with Gasteiger partial charge in [-0.3, -0.25) is 0 Å². The number of piperidine rings is 1. The van der Waals surface area contributed by atoms with E-state index in [4.69, 9.17) is 23.2 Å². The summed E-state index contributed by atoms with van der Waals surface area (Å²) in [6, 6.07) is 17.2. The first-order valence-corrected chi connectivity index (χ1v) is 11.2. The van der Waals surface area contributed by atoms with E-state index in [9.17, 15) is 0 Å². The van der Waals surface area contributed by atoms with Gasteiger partial charge >= 0.3 is 154 Å². The maximum atomic E-state index is 6.50. The topological polar surface area (TPSA) is 12.0 Å². The van der Waals surface area contributed by atoms with Crippen molar-refractivity contribution in [1.82, 2.24) is 5.32 Å². The van der Waals surface area contributed by atoms with Gasteiger partial charge < -0.3 is 0 Å². The molecule has 23 heavy (non-hydrogen) atoms. The number of rotatable bonds is 2. The molecule has 0 aliphatic carbocycles. The summed E-state index contributed by atoms with van der Waals surface area (Å²) in [5, 5.41) is 8.36. The third kappa shape index (κ3) is 3.08. The molecule has 2 heterocycles. The Kier molecular flexibility index (Phi) is 4.72. The molecule has 2 saturated heterocycles. The first kappa shape index (κ1) is 16.0. The summed E-state index contributed by atoms with van der Waals surface area (Å²) in [6.07, 6.45) is 1.28. The summed E-state index contributed by atoms with van der Waals surface area (Å²) >= 11 is 13.7. The molecule has 2 aliphatic rings. The van der Waals surface area contributed by atoms with Crippen molar-refractivity contribution in [1.29, 1.82) is 0 Å². The number of hydrogen-bond donors (Lipinski definition) is 1. The molecular weight excluding hydrogens is 392 g/mol. The molecule has 0 saturated carbocycles. The van der Waals surface area contributed by atoms with Gasteiger partial charge in [-0.15, -0.1) is 0 Å². The summed E-state index contributed by atoms with van der Waals surface area (Å²) in [5.74, 6) is 1.40. The molecule has 1 nitrogen and oxygen atoms in total. The quantitative estimate of drug-likeness (QED) is 0.639. The van der Waals surface area contributed by atoms with Crippen LogP contribution in [0.15, 0.2) is 48.5 Å². The Morgan fingerprint density at radius 2 is 1.26 bits per heavy atom. The van der Waals surface area contributed by atoms with Gasteiger partial charge in [-0.05, 0) is 0 Å². The van der Waals surface area contributed by atoms with E-state index in [0.29, 0.717) is 23.9 Å². The first-order chi connectivity index (χ1) is 11.2. The van der Waals surface area contributed by atoms with Crippen LogP contribution in [0.2, 0.25) is 20.7 Å². The molecule has 2 aromatic carbocycles. The van der Waals surface area contributed by atoms with E-state index in [0.717, 1.165) is 25.0 Å². The summed E-state index contributed by atoms with van der Waals surface area (Å²) in [6.45, 7) is 0. The molecule has 4 rings (SSSR count). The number of fused-ring (bicyclic) bond motifs is 2. The standard InChI is InChI=1S/C19H19Cl2NSe/c20-16-7-3-1-5-14(16)18-12-9-13(11-23-10-12)19(22-18)15-6-2-4-8-17(15)21/h1-8,12-13,18-19,22H,9-11H2. The molecule has 0 spiro atoms. The number of benzene rings is 2. The maximum absolute atomic E-state index is 6.50. The fourth-order valence-corrected chi connectivity index (χ4v) is 7.41. The molecule has 0 radical (unpaired) electrons. The van der Waals surface area contributed by atoms with Crippen LogP contribution in [0.1, 0.15) is 29.6 Å². The van der Waals surface area contributed by atoms with Gasteiger partial charge in [0.25, 0.3) is 0 Å². The van der Waals surface area contributed by atoms with E-state index in [1.165, 1.54) is 28.2 Å². The van der Waals surface area contributed by atoms with Crippen LogP contribution in [0.4, 0.5) is 0 Å². The van der Waals surface area contributed by atoms with Crippen LogP contribution in [-0.2, 0) is 0 Å². The molecule has 120 valence electrons. The van der Waals surface area contributed by atoms with Gasteiger partial charge in [0.05, 0.1) is 0 Å². The molecule has 4 atom stereocenters. The van der Waals surface area contributed by atoms with Crippen molar-refractivity contribution < 1.29 is 0 Å². The van der Waals surface area contributed by atoms with Gasteiger partial charge in [0.15, 0.2) is 0 Å². The Bertz CT molecular complexity index is 648. The Morgan fingerprint density at radius 3 is 1.74 bits per heavy atom. The Balaban J connectivity index is 1.72. The number of hydrogen-bond acceptors (Lipinski definition) is 1. The molecular formula is C19H19Cl2NSe. The van der Waals surface area contributed by atoms with Gasteiger partial charge in [0.2, 0.25) is 0 Å². The third-order valence-electron chi connectivity index (χ3n) is 5.05. The van der Waals surface area contributed by atoms with Crippen LogP contribution in [0.5, 0.6) is 0 Å². The number of nitrogens with one attached hydrogen (secondary N) is 1. The predicted molar refractivity (Wildman–Crippen MR) is 98.5 cm³/mol. The van der Waals surface area contributed by atoms with Crippen LogP contribution in [-0.4, -0.2) is 15.0 Å². The van der Waals surface area contributed by atoms with Gasteiger partial charge in [-0.25, -0.2) is 0 Å². The molecule has 0 aromatic heterocycles. The van der Waals surface area contributed by atoms with Crippen molar-refractivity contribution >= 4 is 38.2 Å². The van der Waals surface area contributed by atoms with Crippen molar-refractivity contribution in [2.24, 2.45) is 11.8 Å². The molecule has 4 heteroatoms. The second-order valence-electron chi connectivity index (χ2n) is 6.46. The van der Waals surface area contributed by atoms with Gasteiger partial charge in [-0.1, -0.05) is 0 Å². The second-order valence-corrected chi connectivity index (χ2v) is 9.53. The van der Waals surface area contributed by atoms with Crippen molar-refractivity contribution in [3.63, 3.8) is 0 Å². The summed E-state index contributed by atoms with van der Waals surface area (Å²) < 4.78 is 0. The van der Waals surface area contributed by atoms with Crippen molar-refractivity contribution in [2.75, 3.05) is 0 Å². The first-order valence-electron chi connectivity index (χ1n) is 8.06. The van der Waals surface area contributed by atoms with Crippen molar-refractivity contribution in [3.05, 3.63) is 69.7 Å². The third-order valence-corrected chi connectivity index (χ3v) is 8.53. The average molecular weight is 411 g/mol. The van der Waals surface area contributed by atoms with Crippen LogP contribution in [0.25, 0.3) is 0 Å². The SMILES string of the molecule is Clc1ccccc1C1NC(c2ccccc2Cl)C2C[Se]CC1C2. The number of halogens is 2. The van der Waals surface area contributed by atoms with Crippen LogP contribution >= 0.6 is 23.2 Å². The average Bonchev–Trinajstić information content (AvgIpc) is 2.57. The van der Waals surface area contributed by atoms with Crippen molar-refractivity contribution in [3.8, 4) is 0 Å². The van der Waals surface area contributed by atoms with E-state index in [1.807, 2.05) is 24.3 Å². The molecule has 2 aliphatic heterocycles. The van der Waals surface area contributed by atoms with Gasteiger partial charge in [0.1, 0.15) is 0 Å². The zero-order valence-corrected chi connectivity index (χ0v) is 15.9. The van der Waals surface area contributed by atoms with E-state index in [2.05, 4.69) is 29.6 Å². The molecule has 2 bridgehead atoms. The summed E-state index contributed by atoms with van der Waals surface area (Å²) in [4.78, 5) is 0. The predicted octanol–water partition coefficient (Wildman–Crippen LogP) is 5.56. The fraction of sp³-hybridized carbons (Fsp3) is 0.368. The van der Waals surface area contributed by atoms with E-state index in [1.54, 1.807) is 0 Å². The summed E-state index contributed by atoms with van der Waals surface area (Å²) in [5.41, 5.74) is 2.49. The Hall–Kier alpha value is -0.501. The minimum atomic E-state index is 0.336. The molecule has 2 fully saturated rings. The van der Waals surface area contributed by atoms with Crippen LogP contribution < -0.4 is 5.32 Å². The molecule has 4 unspecified atom stereocenters. The second kappa shape index (κ2) is 6.78. The zero-order valence-electron chi connectivity index (χ0n) is 12.7. The summed E-state index contributed by atoms with van der Waals surface area (Å²) in [7, 11) is 0. The van der Waals surface area contributed by atoms with E-state index in [-0.39, 0.29) is 0 Å². The normalized spacial score (nSPS) is 30.2. The zero-order chi connectivity index (χ0) is 15.8.